The second kappa shape index (κ2) is 9.06. The van der Waals surface area contributed by atoms with E-state index in [4.69, 9.17) is 0 Å². The van der Waals surface area contributed by atoms with E-state index in [0.29, 0.717) is 24.3 Å². The minimum absolute atomic E-state index is 0.153. The minimum Gasteiger partial charge on any atom is -0.360 e. The number of piperazine rings is 1. The van der Waals surface area contributed by atoms with Gasteiger partial charge < -0.3 is 9.88 Å². The van der Waals surface area contributed by atoms with Crippen molar-refractivity contribution >= 4 is 42.8 Å². The molecule has 0 spiro atoms. The summed E-state index contributed by atoms with van der Waals surface area (Å²) in [7, 11) is -2.09. The number of aromatic amines is 1. The molecule has 1 saturated heterocycles. The molecule has 2 aromatic carbocycles. The standard InChI is InChI=1S/C24H22BrN5O4S/c1-28-23(31)9-8-21(27-28)16-2-4-17(5-3-16)24(32)29-10-12-30(13-11-29)35(33,34)18-6-7-19-20(25)15-26-22(19)14-18/h2-9,14-15,26H,10-13H2,1H3. The highest BCUT2D eigenvalue weighted by molar-refractivity contribution is 9.10. The number of benzene rings is 2. The largest absolute Gasteiger partial charge is 0.360 e. The van der Waals surface area contributed by atoms with Crippen LogP contribution in [0.2, 0.25) is 0 Å². The molecule has 1 N–H and O–H groups in total. The Hall–Kier alpha value is -3.28. The summed E-state index contributed by atoms with van der Waals surface area (Å²) in [6.45, 7) is 1.05. The van der Waals surface area contributed by atoms with Gasteiger partial charge in [0.05, 0.1) is 10.6 Å². The lowest BCUT2D eigenvalue weighted by atomic mass is 10.1. The van der Waals surface area contributed by atoms with Gasteiger partial charge in [-0.2, -0.15) is 9.40 Å². The van der Waals surface area contributed by atoms with Crippen molar-refractivity contribution in [2.75, 3.05) is 26.2 Å². The molecule has 9 nitrogen and oxygen atoms in total. The number of H-pyrrole nitrogens is 1. The molecule has 3 heterocycles. The summed E-state index contributed by atoms with van der Waals surface area (Å²) in [6.07, 6.45) is 1.77. The fourth-order valence-electron chi connectivity index (χ4n) is 4.13. The quantitative estimate of drug-likeness (QED) is 0.416. The molecule has 35 heavy (non-hydrogen) atoms. The van der Waals surface area contributed by atoms with Crippen LogP contribution in [0, 0.1) is 0 Å². The summed E-state index contributed by atoms with van der Waals surface area (Å²) in [4.78, 5) is 29.5. The van der Waals surface area contributed by atoms with E-state index in [1.165, 1.54) is 15.1 Å². The second-order valence-corrected chi connectivity index (χ2v) is 11.1. The Labute approximate surface area is 210 Å². The number of carbonyl (C=O) groups excluding carboxylic acids is 1. The van der Waals surface area contributed by atoms with Crippen LogP contribution < -0.4 is 5.56 Å². The van der Waals surface area contributed by atoms with E-state index in [9.17, 15) is 18.0 Å². The molecule has 0 radical (unpaired) electrons. The molecule has 1 amide bonds. The van der Waals surface area contributed by atoms with Crippen LogP contribution in [0.25, 0.3) is 22.2 Å². The molecule has 0 aliphatic carbocycles. The lowest BCUT2D eigenvalue weighted by Gasteiger charge is -2.34. The predicted molar refractivity (Wildman–Crippen MR) is 136 cm³/mol. The maximum Gasteiger partial charge on any atom is 0.266 e. The Morgan fingerprint density at radius 1 is 1.00 bits per heavy atom. The van der Waals surface area contributed by atoms with E-state index in [1.807, 2.05) is 0 Å². The summed E-state index contributed by atoms with van der Waals surface area (Å²) in [5, 5.41) is 5.14. The van der Waals surface area contributed by atoms with Gasteiger partial charge in [-0.25, -0.2) is 13.1 Å². The molecule has 0 bridgehead atoms. The zero-order chi connectivity index (χ0) is 24.7. The van der Waals surface area contributed by atoms with Gasteiger partial charge in [0.25, 0.3) is 11.5 Å². The number of hydrogen-bond donors (Lipinski definition) is 1. The summed E-state index contributed by atoms with van der Waals surface area (Å²) in [5.41, 5.74) is 2.48. The number of nitrogens with zero attached hydrogens (tertiary/aromatic N) is 4. The van der Waals surface area contributed by atoms with Crippen molar-refractivity contribution < 1.29 is 13.2 Å². The third-order valence-electron chi connectivity index (χ3n) is 6.15. The SMILES string of the molecule is Cn1nc(-c2ccc(C(=O)N3CCN(S(=O)(=O)c4ccc5c(Br)c[nH]c5c4)CC3)cc2)ccc1=O. The van der Waals surface area contributed by atoms with Crippen LogP contribution in [-0.4, -0.2) is 64.5 Å². The van der Waals surface area contributed by atoms with E-state index >= 15 is 0 Å². The predicted octanol–water partition coefficient (Wildman–Crippen LogP) is 2.84. The van der Waals surface area contributed by atoms with Crippen LogP contribution in [-0.2, 0) is 17.1 Å². The van der Waals surface area contributed by atoms with Crippen molar-refractivity contribution in [2.45, 2.75) is 4.90 Å². The number of aromatic nitrogens is 3. The first-order valence-electron chi connectivity index (χ1n) is 10.9. The van der Waals surface area contributed by atoms with Crippen LogP contribution in [0.15, 0.2) is 75.0 Å². The Morgan fingerprint density at radius 2 is 1.71 bits per heavy atom. The van der Waals surface area contributed by atoms with Gasteiger partial charge >= 0.3 is 0 Å². The highest BCUT2D eigenvalue weighted by Gasteiger charge is 2.30. The summed E-state index contributed by atoms with van der Waals surface area (Å²) < 4.78 is 29.9. The van der Waals surface area contributed by atoms with Crippen LogP contribution in [0.5, 0.6) is 0 Å². The van der Waals surface area contributed by atoms with E-state index in [2.05, 4.69) is 26.0 Å². The molecular weight excluding hydrogens is 534 g/mol. The van der Waals surface area contributed by atoms with Crippen molar-refractivity contribution in [3.8, 4) is 11.3 Å². The van der Waals surface area contributed by atoms with Crippen LogP contribution in [0.4, 0.5) is 0 Å². The molecule has 0 atom stereocenters. The number of rotatable bonds is 4. The van der Waals surface area contributed by atoms with Crippen molar-refractivity contribution in [1.82, 2.24) is 24.0 Å². The number of sulfonamides is 1. The average molecular weight is 556 g/mol. The van der Waals surface area contributed by atoms with Gasteiger partial charge in [0.1, 0.15) is 0 Å². The lowest BCUT2D eigenvalue weighted by molar-refractivity contribution is 0.0698. The molecule has 11 heteroatoms. The molecular formula is C24H22BrN5O4S. The number of amides is 1. The van der Waals surface area contributed by atoms with Gasteiger partial charge in [0.2, 0.25) is 10.0 Å². The first-order chi connectivity index (χ1) is 16.7. The molecule has 1 fully saturated rings. The fraction of sp³-hybridized carbons (Fsp3) is 0.208. The van der Waals surface area contributed by atoms with Crippen molar-refractivity contribution in [2.24, 2.45) is 7.05 Å². The van der Waals surface area contributed by atoms with Gasteiger partial charge in [-0.15, -0.1) is 0 Å². The first kappa shape index (κ1) is 23.5. The maximum absolute atomic E-state index is 13.2. The second-order valence-electron chi connectivity index (χ2n) is 8.30. The fourth-order valence-corrected chi connectivity index (χ4v) is 6.04. The van der Waals surface area contributed by atoms with Crippen molar-refractivity contribution in [3.63, 3.8) is 0 Å². The molecule has 0 unspecified atom stereocenters. The van der Waals surface area contributed by atoms with Gasteiger partial charge in [0, 0.05) is 72.0 Å². The third kappa shape index (κ3) is 4.42. The number of nitrogens with one attached hydrogen (secondary N) is 1. The molecule has 1 aliphatic rings. The smallest absolute Gasteiger partial charge is 0.266 e. The Morgan fingerprint density at radius 3 is 2.40 bits per heavy atom. The molecule has 5 rings (SSSR count). The number of aryl methyl sites for hydroxylation is 1. The molecule has 180 valence electrons. The zero-order valence-electron chi connectivity index (χ0n) is 18.8. The Balaban J connectivity index is 1.26. The Kier molecular flexibility index (Phi) is 6.07. The number of halogens is 1. The minimum atomic E-state index is -3.67. The van der Waals surface area contributed by atoms with E-state index in [1.54, 1.807) is 66.7 Å². The van der Waals surface area contributed by atoms with Crippen molar-refractivity contribution in [1.29, 1.82) is 0 Å². The third-order valence-corrected chi connectivity index (χ3v) is 8.71. The molecule has 1 aliphatic heterocycles. The van der Waals surface area contributed by atoms with Crippen LogP contribution in [0.1, 0.15) is 10.4 Å². The lowest BCUT2D eigenvalue weighted by Crippen LogP contribution is -2.50. The van der Waals surface area contributed by atoms with E-state index < -0.39 is 10.0 Å². The van der Waals surface area contributed by atoms with Crippen molar-refractivity contribution in [3.05, 3.63) is 81.2 Å². The normalized spacial score (nSPS) is 15.0. The number of fused-ring (bicyclic) bond motifs is 1. The summed E-state index contributed by atoms with van der Waals surface area (Å²) in [6, 6.07) is 15.1. The monoisotopic (exact) mass is 555 g/mol. The molecule has 0 saturated carbocycles. The van der Waals surface area contributed by atoms with Crippen LogP contribution >= 0.6 is 15.9 Å². The first-order valence-corrected chi connectivity index (χ1v) is 13.2. The molecule has 2 aromatic heterocycles. The molecule has 4 aromatic rings. The zero-order valence-corrected chi connectivity index (χ0v) is 21.2. The number of hydrogen-bond acceptors (Lipinski definition) is 5. The van der Waals surface area contributed by atoms with Gasteiger partial charge in [-0.3, -0.25) is 9.59 Å². The summed E-state index contributed by atoms with van der Waals surface area (Å²) in [5.74, 6) is -0.153. The van der Waals surface area contributed by atoms with E-state index in [-0.39, 0.29) is 29.5 Å². The summed E-state index contributed by atoms with van der Waals surface area (Å²) >= 11 is 3.43. The van der Waals surface area contributed by atoms with Gasteiger partial charge in [-0.1, -0.05) is 18.2 Å². The average Bonchev–Trinajstić information content (AvgIpc) is 3.25. The number of carbonyl (C=O) groups is 1. The highest BCUT2D eigenvalue weighted by Crippen LogP contribution is 2.27. The maximum atomic E-state index is 13.2. The highest BCUT2D eigenvalue weighted by atomic mass is 79.9. The van der Waals surface area contributed by atoms with E-state index in [0.717, 1.165) is 20.9 Å². The van der Waals surface area contributed by atoms with Crippen LogP contribution in [0.3, 0.4) is 0 Å². The Bertz CT molecular complexity index is 1590. The topological polar surface area (TPSA) is 108 Å². The van der Waals surface area contributed by atoms with Gasteiger partial charge in [0.15, 0.2) is 0 Å². The van der Waals surface area contributed by atoms with Gasteiger partial charge in [-0.05, 0) is 46.3 Å².